The molecule has 0 fully saturated rings. The summed E-state index contributed by atoms with van der Waals surface area (Å²) in [6.07, 6.45) is 0.997. The van der Waals surface area contributed by atoms with E-state index >= 15 is 0 Å². The minimum absolute atomic E-state index is 0.0539. The van der Waals surface area contributed by atoms with Crippen LogP contribution in [0.4, 0.5) is 0 Å². The lowest BCUT2D eigenvalue weighted by molar-refractivity contribution is -0.121. The van der Waals surface area contributed by atoms with Crippen molar-refractivity contribution < 1.29 is 14.3 Å². The zero-order valence-corrected chi connectivity index (χ0v) is 12.2. The third-order valence-corrected chi connectivity index (χ3v) is 3.18. The van der Waals surface area contributed by atoms with Gasteiger partial charge in [-0.1, -0.05) is 0 Å². The largest absolute Gasteiger partial charge is 0.496 e. The SMILES string of the molecule is CNNC(=O)CCc1cc(OC)c(C)c(C)c1OC. The fourth-order valence-electron chi connectivity index (χ4n) is 2.06. The number of benzene rings is 1. The molecule has 0 aliphatic rings. The Morgan fingerprint density at radius 2 is 1.89 bits per heavy atom. The van der Waals surface area contributed by atoms with E-state index in [0.29, 0.717) is 12.8 Å². The number of carbonyl (C=O) groups is 1. The third kappa shape index (κ3) is 3.61. The maximum Gasteiger partial charge on any atom is 0.234 e. The number of aryl methyl sites for hydroxylation is 1. The average Bonchev–Trinajstić information content (AvgIpc) is 2.40. The van der Waals surface area contributed by atoms with Crippen molar-refractivity contribution in [1.82, 2.24) is 10.9 Å². The monoisotopic (exact) mass is 266 g/mol. The number of ether oxygens (including phenoxy) is 2. The van der Waals surface area contributed by atoms with Gasteiger partial charge in [0.1, 0.15) is 11.5 Å². The van der Waals surface area contributed by atoms with Gasteiger partial charge in [-0.3, -0.25) is 10.2 Å². The van der Waals surface area contributed by atoms with Crippen LogP contribution < -0.4 is 20.3 Å². The molecule has 106 valence electrons. The molecular weight excluding hydrogens is 244 g/mol. The molecule has 0 saturated carbocycles. The fraction of sp³-hybridized carbons (Fsp3) is 0.500. The number of carbonyl (C=O) groups excluding carboxylic acids is 1. The van der Waals surface area contributed by atoms with Crippen LogP contribution in [0, 0.1) is 13.8 Å². The molecule has 1 amide bonds. The summed E-state index contributed by atoms with van der Waals surface area (Å²) in [5.41, 5.74) is 8.25. The molecule has 1 aromatic rings. The van der Waals surface area contributed by atoms with Crippen molar-refractivity contribution in [1.29, 1.82) is 0 Å². The van der Waals surface area contributed by atoms with Gasteiger partial charge in [-0.15, -0.1) is 0 Å². The van der Waals surface area contributed by atoms with Crippen LogP contribution in [0.15, 0.2) is 6.07 Å². The molecule has 2 N–H and O–H groups in total. The molecule has 5 heteroatoms. The molecule has 1 aromatic carbocycles. The zero-order chi connectivity index (χ0) is 14.4. The first-order valence-corrected chi connectivity index (χ1v) is 6.21. The average molecular weight is 266 g/mol. The Kier molecular flexibility index (Phi) is 5.63. The van der Waals surface area contributed by atoms with Gasteiger partial charge in [0.15, 0.2) is 0 Å². The van der Waals surface area contributed by atoms with E-state index in [1.165, 1.54) is 0 Å². The predicted molar refractivity (Wildman–Crippen MR) is 74.5 cm³/mol. The lowest BCUT2D eigenvalue weighted by atomic mass is 9.99. The third-order valence-electron chi connectivity index (χ3n) is 3.18. The van der Waals surface area contributed by atoms with Gasteiger partial charge in [-0.05, 0) is 43.0 Å². The van der Waals surface area contributed by atoms with Gasteiger partial charge in [0.05, 0.1) is 14.2 Å². The Hall–Kier alpha value is -1.75. The van der Waals surface area contributed by atoms with E-state index < -0.39 is 0 Å². The maximum atomic E-state index is 11.5. The minimum Gasteiger partial charge on any atom is -0.496 e. The molecule has 0 aliphatic heterocycles. The molecular formula is C14H22N2O3. The Bertz CT molecular complexity index is 458. The van der Waals surface area contributed by atoms with E-state index in [-0.39, 0.29) is 5.91 Å². The fourth-order valence-corrected chi connectivity index (χ4v) is 2.06. The number of rotatable bonds is 6. The van der Waals surface area contributed by atoms with Gasteiger partial charge in [0.25, 0.3) is 0 Å². The highest BCUT2D eigenvalue weighted by Crippen LogP contribution is 2.33. The van der Waals surface area contributed by atoms with Crippen LogP contribution in [0.3, 0.4) is 0 Å². The molecule has 0 heterocycles. The van der Waals surface area contributed by atoms with E-state index in [2.05, 4.69) is 10.9 Å². The normalized spacial score (nSPS) is 10.2. The number of nitrogens with one attached hydrogen (secondary N) is 2. The number of methoxy groups -OCH3 is 2. The highest BCUT2D eigenvalue weighted by atomic mass is 16.5. The molecule has 0 radical (unpaired) electrons. The molecule has 0 unspecified atom stereocenters. The van der Waals surface area contributed by atoms with E-state index in [9.17, 15) is 4.79 Å². The molecule has 0 aromatic heterocycles. The van der Waals surface area contributed by atoms with Crippen LogP contribution in [-0.2, 0) is 11.2 Å². The second kappa shape index (κ2) is 6.99. The van der Waals surface area contributed by atoms with Crippen LogP contribution in [0.1, 0.15) is 23.1 Å². The summed E-state index contributed by atoms with van der Waals surface area (Å²) >= 11 is 0. The van der Waals surface area contributed by atoms with Crippen molar-refractivity contribution in [2.75, 3.05) is 21.3 Å². The van der Waals surface area contributed by atoms with Crippen molar-refractivity contribution in [3.05, 3.63) is 22.8 Å². The Balaban J connectivity index is 2.99. The lowest BCUT2D eigenvalue weighted by Crippen LogP contribution is -2.34. The van der Waals surface area contributed by atoms with E-state index in [4.69, 9.17) is 9.47 Å². The molecule has 0 bridgehead atoms. The van der Waals surface area contributed by atoms with Crippen LogP contribution >= 0.6 is 0 Å². The number of hydrazine groups is 1. The van der Waals surface area contributed by atoms with Crippen molar-refractivity contribution in [3.63, 3.8) is 0 Å². The van der Waals surface area contributed by atoms with E-state index in [1.807, 2.05) is 19.9 Å². The summed E-state index contributed by atoms with van der Waals surface area (Å²) in [5, 5.41) is 0. The molecule has 5 nitrogen and oxygen atoms in total. The van der Waals surface area contributed by atoms with Crippen molar-refractivity contribution >= 4 is 5.91 Å². The summed E-state index contributed by atoms with van der Waals surface area (Å²) in [5.74, 6) is 1.60. The molecule has 0 aliphatic carbocycles. The summed E-state index contributed by atoms with van der Waals surface area (Å²) in [6.45, 7) is 3.99. The van der Waals surface area contributed by atoms with E-state index in [0.717, 1.165) is 28.2 Å². The predicted octanol–water partition coefficient (Wildman–Crippen LogP) is 1.50. The summed E-state index contributed by atoms with van der Waals surface area (Å²) in [6, 6.07) is 1.94. The lowest BCUT2D eigenvalue weighted by Gasteiger charge is -2.16. The van der Waals surface area contributed by atoms with Crippen LogP contribution in [0.2, 0.25) is 0 Å². The van der Waals surface area contributed by atoms with Crippen molar-refractivity contribution in [3.8, 4) is 11.5 Å². The molecule has 1 rings (SSSR count). The second-order valence-corrected chi connectivity index (χ2v) is 4.32. The first-order valence-electron chi connectivity index (χ1n) is 6.21. The highest BCUT2D eigenvalue weighted by molar-refractivity contribution is 5.75. The molecule has 19 heavy (non-hydrogen) atoms. The minimum atomic E-state index is -0.0539. The Morgan fingerprint density at radius 1 is 1.21 bits per heavy atom. The van der Waals surface area contributed by atoms with Crippen LogP contribution in [-0.4, -0.2) is 27.2 Å². The van der Waals surface area contributed by atoms with Crippen LogP contribution in [0.25, 0.3) is 0 Å². The van der Waals surface area contributed by atoms with Gasteiger partial charge < -0.3 is 9.47 Å². The Morgan fingerprint density at radius 3 is 2.42 bits per heavy atom. The number of hydrogen-bond donors (Lipinski definition) is 2. The van der Waals surface area contributed by atoms with Crippen molar-refractivity contribution in [2.45, 2.75) is 26.7 Å². The van der Waals surface area contributed by atoms with Gasteiger partial charge in [-0.2, -0.15) is 0 Å². The standard InChI is InChI=1S/C14H22N2O3/c1-9-10(2)14(19-5)11(8-12(9)18-4)6-7-13(17)16-15-3/h8,15H,6-7H2,1-5H3,(H,16,17). The molecule has 0 spiro atoms. The summed E-state index contributed by atoms with van der Waals surface area (Å²) in [7, 11) is 4.95. The second-order valence-electron chi connectivity index (χ2n) is 4.32. The smallest absolute Gasteiger partial charge is 0.234 e. The van der Waals surface area contributed by atoms with Gasteiger partial charge in [-0.25, -0.2) is 5.43 Å². The first kappa shape index (κ1) is 15.3. The van der Waals surface area contributed by atoms with Gasteiger partial charge in [0.2, 0.25) is 5.91 Å². The summed E-state index contributed by atoms with van der Waals surface area (Å²) < 4.78 is 10.8. The maximum absolute atomic E-state index is 11.5. The van der Waals surface area contributed by atoms with Crippen LogP contribution in [0.5, 0.6) is 11.5 Å². The summed E-state index contributed by atoms with van der Waals surface area (Å²) in [4.78, 5) is 11.5. The highest BCUT2D eigenvalue weighted by Gasteiger charge is 2.14. The quantitative estimate of drug-likeness (QED) is 0.766. The topological polar surface area (TPSA) is 59.6 Å². The molecule has 0 atom stereocenters. The first-order chi connectivity index (χ1) is 9.04. The number of amides is 1. The van der Waals surface area contributed by atoms with E-state index in [1.54, 1.807) is 21.3 Å². The zero-order valence-electron chi connectivity index (χ0n) is 12.2. The van der Waals surface area contributed by atoms with Crippen molar-refractivity contribution in [2.24, 2.45) is 0 Å². The molecule has 0 saturated heterocycles. The van der Waals surface area contributed by atoms with Gasteiger partial charge in [0, 0.05) is 13.5 Å². The Labute approximate surface area is 114 Å². The number of hydrogen-bond acceptors (Lipinski definition) is 4. The van der Waals surface area contributed by atoms with Gasteiger partial charge >= 0.3 is 0 Å².